The Bertz CT molecular complexity index is 984. The van der Waals surface area contributed by atoms with Crippen molar-refractivity contribution in [3.8, 4) is 0 Å². The number of hydrogen-bond acceptors (Lipinski definition) is 12. The van der Waals surface area contributed by atoms with Crippen molar-refractivity contribution in [1.29, 1.82) is 0 Å². The van der Waals surface area contributed by atoms with Crippen LogP contribution in [0.1, 0.15) is 82.1 Å². The third-order valence-electron chi connectivity index (χ3n) is 6.92. The van der Waals surface area contributed by atoms with E-state index in [1.807, 2.05) is 13.8 Å². The fraction of sp³-hybridized carbons (Fsp3) is 0.933. The summed E-state index contributed by atoms with van der Waals surface area (Å²) in [5.41, 5.74) is 0. The maximum absolute atomic E-state index is 13.9. The molecule has 0 aliphatic carbocycles. The predicted octanol–water partition coefficient (Wildman–Crippen LogP) is 8.30. The van der Waals surface area contributed by atoms with E-state index in [0.29, 0.717) is 52.1 Å². The first-order valence-electron chi connectivity index (χ1n) is 18.1. The molecule has 0 amide bonds. The van der Waals surface area contributed by atoms with Gasteiger partial charge in [-0.15, -0.1) is 0 Å². The van der Waals surface area contributed by atoms with Crippen LogP contribution in [0, 0.1) is 0 Å². The van der Waals surface area contributed by atoms with Crippen molar-refractivity contribution in [2.24, 2.45) is 0 Å². The highest BCUT2D eigenvalue weighted by Gasteiger charge is 2.36. The van der Waals surface area contributed by atoms with Crippen molar-refractivity contribution >= 4 is 31.0 Å². The van der Waals surface area contributed by atoms with Crippen LogP contribution >= 0.6 is 31.0 Å². The minimum Gasteiger partial charge on any atom is -0.297 e. The van der Waals surface area contributed by atoms with Crippen LogP contribution in [-0.4, -0.2) is 124 Å². The van der Waals surface area contributed by atoms with Gasteiger partial charge in [-0.25, -0.2) is 36.9 Å². The topological polar surface area (TPSA) is 155 Å². The monoisotopic (exact) mass is 800 g/mol. The zero-order valence-electron chi connectivity index (χ0n) is 32.4. The molecule has 0 aliphatic heterocycles. The van der Waals surface area contributed by atoms with Crippen LogP contribution < -0.4 is 0 Å². The molecule has 0 aromatic heterocycles. The molecule has 0 aliphatic rings. The molecule has 0 N–H and O–H groups in total. The second-order valence-corrected chi connectivity index (χ2v) is 18.4. The van der Waals surface area contributed by atoms with Gasteiger partial charge in [-0.2, -0.15) is 0 Å². The van der Waals surface area contributed by atoms with E-state index in [9.17, 15) is 18.3 Å². The molecule has 0 unspecified atom stereocenters. The molecule has 0 radical (unpaired) electrons. The van der Waals surface area contributed by atoms with Gasteiger partial charge >= 0.3 is 31.0 Å². The van der Waals surface area contributed by atoms with Gasteiger partial charge in [0.1, 0.15) is 0 Å². The number of rotatable bonds is 34. The van der Waals surface area contributed by atoms with E-state index in [2.05, 4.69) is 0 Å². The minimum atomic E-state index is -3.68. The molecule has 0 saturated carbocycles. The fourth-order valence-corrected chi connectivity index (χ4v) is 11.9. The Labute approximate surface area is 303 Å². The summed E-state index contributed by atoms with van der Waals surface area (Å²) in [5, 5.41) is 0. The molecular weight excluding hydrogens is 732 g/mol. The van der Waals surface area contributed by atoms with Crippen LogP contribution in [0.3, 0.4) is 0 Å². The molecule has 0 aromatic rings. The SMILES string of the molecule is CCOP(=O)(OCC)N(CC)CCCN(C/C=C/CN(CCCN(CC)P(=O)(OCC)OCC)P(=O)(OCC)OCC)P(=O)(OCC)OCC. The molecule has 20 heteroatoms. The third-order valence-corrected chi connectivity index (χ3v) is 16.1. The van der Waals surface area contributed by atoms with Gasteiger partial charge in [0, 0.05) is 52.4 Å². The molecule has 0 spiro atoms. The molecule has 0 atom stereocenters. The van der Waals surface area contributed by atoms with E-state index in [4.69, 9.17) is 36.2 Å². The predicted molar refractivity (Wildman–Crippen MR) is 199 cm³/mol. The molecule has 0 heterocycles. The summed E-state index contributed by atoms with van der Waals surface area (Å²) in [4.78, 5) is 0. The largest absolute Gasteiger partial charge is 0.408 e. The Morgan fingerprint density at radius 1 is 0.360 bits per heavy atom. The Hall–Kier alpha value is 0.180. The highest BCUT2D eigenvalue weighted by atomic mass is 31.2. The van der Waals surface area contributed by atoms with Crippen molar-refractivity contribution in [2.75, 3.05) is 105 Å². The Kier molecular flexibility index (Phi) is 27.8. The smallest absolute Gasteiger partial charge is 0.297 e. The first-order chi connectivity index (χ1) is 23.8. The summed E-state index contributed by atoms with van der Waals surface area (Å²) in [6.07, 6.45) is 4.54. The van der Waals surface area contributed by atoms with Gasteiger partial charge in [0.05, 0.1) is 52.9 Å². The Morgan fingerprint density at radius 3 is 0.760 bits per heavy atom. The summed E-state index contributed by atoms with van der Waals surface area (Å²) in [6.45, 7) is 22.0. The van der Waals surface area contributed by atoms with Gasteiger partial charge in [-0.05, 0) is 68.2 Å². The lowest BCUT2D eigenvalue weighted by Crippen LogP contribution is -2.30. The zero-order valence-corrected chi connectivity index (χ0v) is 35.9. The second kappa shape index (κ2) is 27.7. The normalized spacial score (nSPS) is 13.6. The molecule has 0 fully saturated rings. The van der Waals surface area contributed by atoms with Crippen molar-refractivity contribution in [1.82, 2.24) is 18.7 Å². The lowest BCUT2D eigenvalue weighted by molar-refractivity contribution is 0.158. The standard InChI is InChI=1S/C30H68N4O12P4/c1-11-31(47(35,39-13-3)40-14-4)27-23-29-33(49(37,43-17-7)44-18-8)25-21-22-26-34(50(38,45-19-9)46-20-10)30-24-28-32(12-2)48(36,41-15-5)42-16-6/h21-22H,11-20,23-30H2,1-10H3/b22-21+. The van der Waals surface area contributed by atoms with Gasteiger partial charge in [0.15, 0.2) is 0 Å². The molecule has 0 rings (SSSR count). The molecule has 0 aromatic carbocycles. The van der Waals surface area contributed by atoms with E-state index >= 15 is 0 Å². The lowest BCUT2D eigenvalue weighted by atomic mass is 10.4. The maximum Gasteiger partial charge on any atom is 0.408 e. The Morgan fingerprint density at radius 2 is 0.560 bits per heavy atom. The van der Waals surface area contributed by atoms with Gasteiger partial charge in [-0.1, -0.05) is 26.0 Å². The van der Waals surface area contributed by atoms with Gasteiger partial charge in [0.25, 0.3) is 0 Å². The average Bonchev–Trinajstić information content (AvgIpc) is 3.05. The van der Waals surface area contributed by atoms with Crippen molar-refractivity contribution < 1.29 is 54.5 Å². The molecule has 0 bridgehead atoms. The Balaban J connectivity index is 6.10. The summed E-state index contributed by atoms with van der Waals surface area (Å²) >= 11 is 0. The quantitative estimate of drug-likeness (QED) is 0.0452. The summed E-state index contributed by atoms with van der Waals surface area (Å²) in [6, 6.07) is 0. The van der Waals surface area contributed by atoms with Crippen molar-refractivity contribution in [3.05, 3.63) is 12.2 Å². The van der Waals surface area contributed by atoms with Gasteiger partial charge in [0.2, 0.25) is 0 Å². The molecule has 0 saturated heterocycles. The highest BCUT2D eigenvalue weighted by Crippen LogP contribution is 2.55. The maximum atomic E-state index is 13.9. The van der Waals surface area contributed by atoms with Crippen LogP contribution in [0.25, 0.3) is 0 Å². The molecule has 300 valence electrons. The van der Waals surface area contributed by atoms with Gasteiger partial charge in [-0.3, -0.25) is 36.2 Å². The van der Waals surface area contributed by atoms with E-state index in [1.54, 1.807) is 86.2 Å². The van der Waals surface area contributed by atoms with Crippen LogP contribution in [0.15, 0.2) is 12.2 Å². The molecule has 50 heavy (non-hydrogen) atoms. The van der Waals surface area contributed by atoms with Crippen LogP contribution in [-0.2, 0) is 54.5 Å². The van der Waals surface area contributed by atoms with Crippen molar-refractivity contribution in [3.63, 3.8) is 0 Å². The number of nitrogens with zero attached hydrogens (tertiary/aromatic N) is 4. The first kappa shape index (κ1) is 50.2. The average molecular weight is 801 g/mol. The van der Waals surface area contributed by atoms with E-state index < -0.39 is 31.0 Å². The fourth-order valence-electron chi connectivity index (χ4n) is 4.91. The first-order valence-corrected chi connectivity index (χ1v) is 24.0. The third kappa shape index (κ3) is 17.1. The second-order valence-electron chi connectivity index (χ2n) is 10.3. The summed E-state index contributed by atoms with van der Waals surface area (Å²) in [5.74, 6) is 0. The van der Waals surface area contributed by atoms with E-state index in [-0.39, 0.29) is 65.9 Å². The van der Waals surface area contributed by atoms with Crippen LogP contribution in [0.5, 0.6) is 0 Å². The molecular formula is C30H68N4O12P4. The van der Waals surface area contributed by atoms with Crippen LogP contribution in [0.4, 0.5) is 0 Å². The summed E-state index contributed by atoms with van der Waals surface area (Å²) in [7, 11) is -14.3. The summed E-state index contributed by atoms with van der Waals surface area (Å²) < 4.78 is 106. The lowest BCUT2D eigenvalue weighted by Gasteiger charge is -2.32. The minimum absolute atomic E-state index is 0.177. The van der Waals surface area contributed by atoms with E-state index in [1.165, 1.54) is 0 Å². The zero-order chi connectivity index (χ0) is 38.1. The molecule has 16 nitrogen and oxygen atoms in total. The van der Waals surface area contributed by atoms with E-state index in [0.717, 1.165) is 0 Å². The van der Waals surface area contributed by atoms with Crippen LogP contribution in [0.2, 0.25) is 0 Å². The van der Waals surface area contributed by atoms with Crippen molar-refractivity contribution in [2.45, 2.75) is 82.1 Å². The van der Waals surface area contributed by atoms with Gasteiger partial charge < -0.3 is 0 Å². The number of hydrogen-bond donors (Lipinski definition) is 0. The highest BCUT2D eigenvalue weighted by molar-refractivity contribution is 7.52.